The van der Waals surface area contributed by atoms with Gasteiger partial charge < -0.3 is 10.2 Å². The summed E-state index contributed by atoms with van der Waals surface area (Å²) in [5, 5.41) is 4.13. The zero-order chi connectivity index (χ0) is 23.1. The maximum Gasteiger partial charge on any atom is 0.242 e. The van der Waals surface area contributed by atoms with Crippen molar-refractivity contribution in [2.45, 2.75) is 25.4 Å². The summed E-state index contributed by atoms with van der Waals surface area (Å²) in [6.07, 6.45) is 0.424. The topological polar surface area (TPSA) is 49.4 Å². The standard InChI is InChI=1S/C25H23Cl3N2O2/c1-29-25(32)23(13-17-7-3-2-4-8-17)30(16-19-11-12-20(26)15-22(19)28)24(31)14-18-9-5-6-10-21(18)27/h2-12,15,23H,13-14,16H2,1H3,(H,29,32)/t23-/m1/s1. The number of amides is 2. The summed E-state index contributed by atoms with van der Waals surface area (Å²) in [5.41, 5.74) is 2.34. The third-order valence-corrected chi connectivity index (χ3v) is 6.13. The van der Waals surface area contributed by atoms with Crippen molar-refractivity contribution in [1.29, 1.82) is 0 Å². The number of hydrogen-bond acceptors (Lipinski definition) is 2. The number of hydrogen-bond donors (Lipinski definition) is 1. The van der Waals surface area contributed by atoms with Crippen LogP contribution >= 0.6 is 34.8 Å². The Bertz CT molecular complexity index is 1090. The highest BCUT2D eigenvalue weighted by Crippen LogP contribution is 2.25. The summed E-state index contributed by atoms with van der Waals surface area (Å²) in [4.78, 5) is 28.0. The van der Waals surface area contributed by atoms with Gasteiger partial charge in [-0.05, 0) is 34.9 Å². The van der Waals surface area contributed by atoms with Crippen LogP contribution < -0.4 is 5.32 Å². The van der Waals surface area contributed by atoms with E-state index in [-0.39, 0.29) is 24.8 Å². The fourth-order valence-corrected chi connectivity index (χ4v) is 4.13. The Morgan fingerprint density at radius 1 is 0.875 bits per heavy atom. The number of rotatable bonds is 8. The van der Waals surface area contributed by atoms with Gasteiger partial charge in [0.2, 0.25) is 11.8 Å². The molecule has 1 N–H and O–H groups in total. The average Bonchev–Trinajstić information content (AvgIpc) is 2.79. The quantitative estimate of drug-likeness (QED) is 0.449. The van der Waals surface area contributed by atoms with Gasteiger partial charge in [-0.25, -0.2) is 0 Å². The van der Waals surface area contributed by atoms with Crippen LogP contribution in [0, 0.1) is 0 Å². The molecule has 0 aliphatic carbocycles. The molecule has 1 atom stereocenters. The monoisotopic (exact) mass is 488 g/mol. The molecular weight excluding hydrogens is 467 g/mol. The molecule has 0 heterocycles. The van der Waals surface area contributed by atoms with Gasteiger partial charge in [0.15, 0.2) is 0 Å². The third kappa shape index (κ3) is 6.26. The Morgan fingerprint density at radius 2 is 1.56 bits per heavy atom. The summed E-state index contributed by atoms with van der Waals surface area (Å²) in [5.74, 6) is -0.486. The van der Waals surface area contributed by atoms with E-state index in [1.54, 1.807) is 42.3 Å². The molecule has 0 saturated carbocycles. The maximum atomic E-state index is 13.5. The highest BCUT2D eigenvalue weighted by atomic mass is 35.5. The maximum absolute atomic E-state index is 13.5. The Morgan fingerprint density at radius 3 is 2.22 bits per heavy atom. The van der Waals surface area contributed by atoms with E-state index >= 15 is 0 Å². The molecule has 3 rings (SSSR count). The number of likely N-dealkylation sites (N-methyl/N-ethyl adjacent to an activating group) is 1. The lowest BCUT2D eigenvalue weighted by atomic mass is 10.0. The number of nitrogens with one attached hydrogen (secondary N) is 1. The molecule has 0 bridgehead atoms. The van der Waals surface area contributed by atoms with Gasteiger partial charge in [-0.3, -0.25) is 9.59 Å². The van der Waals surface area contributed by atoms with Crippen molar-refractivity contribution in [1.82, 2.24) is 10.2 Å². The van der Waals surface area contributed by atoms with Crippen LogP contribution in [0.15, 0.2) is 72.8 Å². The van der Waals surface area contributed by atoms with Crippen molar-refractivity contribution in [3.05, 3.63) is 105 Å². The van der Waals surface area contributed by atoms with Crippen molar-refractivity contribution in [3.63, 3.8) is 0 Å². The number of nitrogens with zero attached hydrogens (tertiary/aromatic N) is 1. The molecule has 32 heavy (non-hydrogen) atoms. The summed E-state index contributed by atoms with van der Waals surface area (Å²) in [6.45, 7) is 0.157. The van der Waals surface area contributed by atoms with Crippen LogP contribution in [-0.2, 0) is 29.0 Å². The van der Waals surface area contributed by atoms with Gasteiger partial charge in [0, 0.05) is 35.1 Å². The predicted molar refractivity (Wildman–Crippen MR) is 130 cm³/mol. The second kappa shape index (κ2) is 11.4. The van der Waals surface area contributed by atoms with Gasteiger partial charge in [0.25, 0.3) is 0 Å². The van der Waals surface area contributed by atoms with E-state index in [9.17, 15) is 9.59 Å². The predicted octanol–water partition coefficient (Wildman–Crippen LogP) is 5.58. The molecule has 166 valence electrons. The lowest BCUT2D eigenvalue weighted by Crippen LogP contribution is -2.50. The van der Waals surface area contributed by atoms with E-state index in [2.05, 4.69) is 5.32 Å². The van der Waals surface area contributed by atoms with E-state index in [4.69, 9.17) is 34.8 Å². The fraction of sp³-hybridized carbons (Fsp3) is 0.200. The van der Waals surface area contributed by atoms with E-state index in [1.807, 2.05) is 42.5 Å². The first-order valence-electron chi connectivity index (χ1n) is 10.1. The molecule has 0 fully saturated rings. The van der Waals surface area contributed by atoms with E-state index in [0.717, 1.165) is 5.56 Å². The highest BCUT2D eigenvalue weighted by Gasteiger charge is 2.30. The van der Waals surface area contributed by atoms with E-state index in [1.165, 1.54) is 0 Å². The second-order valence-electron chi connectivity index (χ2n) is 7.35. The van der Waals surface area contributed by atoms with Crippen LogP contribution in [0.2, 0.25) is 15.1 Å². The van der Waals surface area contributed by atoms with Crippen LogP contribution in [0.25, 0.3) is 0 Å². The first-order valence-corrected chi connectivity index (χ1v) is 11.2. The third-order valence-electron chi connectivity index (χ3n) is 5.17. The van der Waals surface area contributed by atoms with E-state index < -0.39 is 6.04 Å². The van der Waals surface area contributed by atoms with Gasteiger partial charge in [-0.15, -0.1) is 0 Å². The van der Waals surface area contributed by atoms with E-state index in [0.29, 0.717) is 32.6 Å². The van der Waals surface area contributed by atoms with Gasteiger partial charge in [-0.2, -0.15) is 0 Å². The molecule has 0 radical (unpaired) electrons. The van der Waals surface area contributed by atoms with Crippen molar-refractivity contribution in [3.8, 4) is 0 Å². The van der Waals surface area contributed by atoms with Crippen molar-refractivity contribution in [2.24, 2.45) is 0 Å². The minimum absolute atomic E-state index is 0.0627. The summed E-state index contributed by atoms with van der Waals surface area (Å²) in [6, 6.07) is 21.1. The molecule has 0 unspecified atom stereocenters. The number of halogens is 3. The Hall–Kier alpha value is -2.53. The number of carbonyl (C=O) groups is 2. The summed E-state index contributed by atoms with van der Waals surface area (Å²) >= 11 is 18.7. The highest BCUT2D eigenvalue weighted by molar-refractivity contribution is 6.35. The molecule has 0 aromatic heterocycles. The number of carbonyl (C=O) groups excluding carboxylic acids is 2. The van der Waals surface area contributed by atoms with Gasteiger partial charge in [0.1, 0.15) is 6.04 Å². The second-order valence-corrected chi connectivity index (χ2v) is 8.60. The average molecular weight is 490 g/mol. The number of benzene rings is 3. The molecule has 3 aromatic carbocycles. The van der Waals surface area contributed by atoms with Crippen LogP contribution in [0.1, 0.15) is 16.7 Å². The first-order chi connectivity index (χ1) is 15.4. The molecule has 0 spiro atoms. The largest absolute Gasteiger partial charge is 0.357 e. The summed E-state index contributed by atoms with van der Waals surface area (Å²) < 4.78 is 0. The lowest BCUT2D eigenvalue weighted by Gasteiger charge is -2.31. The van der Waals surface area contributed by atoms with Gasteiger partial charge in [0.05, 0.1) is 6.42 Å². The zero-order valence-corrected chi connectivity index (χ0v) is 19.8. The van der Waals surface area contributed by atoms with Crippen LogP contribution in [0.3, 0.4) is 0 Å². The van der Waals surface area contributed by atoms with Crippen molar-refractivity contribution >= 4 is 46.6 Å². The smallest absolute Gasteiger partial charge is 0.242 e. The lowest BCUT2D eigenvalue weighted by molar-refractivity contribution is -0.140. The molecule has 2 amide bonds. The van der Waals surface area contributed by atoms with Crippen LogP contribution in [0.4, 0.5) is 0 Å². The molecule has 4 nitrogen and oxygen atoms in total. The first kappa shape index (κ1) is 24.1. The Labute approximate surface area is 203 Å². The molecular formula is C25H23Cl3N2O2. The zero-order valence-electron chi connectivity index (χ0n) is 17.5. The SMILES string of the molecule is CNC(=O)[C@@H](Cc1ccccc1)N(Cc1ccc(Cl)cc1Cl)C(=O)Cc1ccccc1Cl. The van der Waals surface area contributed by atoms with Crippen LogP contribution in [0.5, 0.6) is 0 Å². The molecule has 3 aromatic rings. The Balaban J connectivity index is 1.98. The minimum atomic E-state index is -0.732. The normalized spacial score (nSPS) is 11.6. The van der Waals surface area contributed by atoms with Gasteiger partial charge >= 0.3 is 0 Å². The van der Waals surface area contributed by atoms with Crippen molar-refractivity contribution in [2.75, 3.05) is 7.05 Å². The summed E-state index contributed by atoms with van der Waals surface area (Å²) in [7, 11) is 1.56. The Kier molecular flexibility index (Phi) is 8.57. The molecule has 7 heteroatoms. The minimum Gasteiger partial charge on any atom is -0.357 e. The van der Waals surface area contributed by atoms with Crippen molar-refractivity contribution < 1.29 is 9.59 Å². The molecule has 0 aliphatic heterocycles. The van der Waals surface area contributed by atoms with Crippen LogP contribution in [-0.4, -0.2) is 29.8 Å². The molecule has 0 aliphatic rings. The fourth-order valence-electron chi connectivity index (χ4n) is 3.46. The van der Waals surface area contributed by atoms with Gasteiger partial charge in [-0.1, -0.05) is 89.4 Å². The molecule has 0 saturated heterocycles.